The van der Waals surface area contributed by atoms with Crippen molar-refractivity contribution in [2.24, 2.45) is 0 Å². The van der Waals surface area contributed by atoms with E-state index in [1.807, 2.05) is 31.2 Å². The van der Waals surface area contributed by atoms with Gasteiger partial charge in [0, 0.05) is 13.1 Å². The molecule has 1 unspecified atom stereocenters. The quantitative estimate of drug-likeness (QED) is 0.404. The van der Waals surface area contributed by atoms with Gasteiger partial charge in [0.15, 0.2) is 5.69 Å². The van der Waals surface area contributed by atoms with Crippen LogP contribution in [0.2, 0.25) is 0 Å². The van der Waals surface area contributed by atoms with Crippen LogP contribution in [0.5, 0.6) is 5.75 Å². The van der Waals surface area contributed by atoms with Crippen molar-refractivity contribution in [1.29, 1.82) is 0 Å². The van der Waals surface area contributed by atoms with Crippen LogP contribution in [-0.4, -0.2) is 64.4 Å². The summed E-state index contributed by atoms with van der Waals surface area (Å²) in [5.74, 6) is -1.35. The number of esters is 1. The fraction of sp³-hybridized carbons (Fsp3) is 0.321. The number of methoxy groups -OCH3 is 2. The van der Waals surface area contributed by atoms with Crippen LogP contribution in [0.1, 0.15) is 57.2 Å². The molecule has 2 heterocycles. The molecule has 2 N–H and O–H groups in total. The summed E-state index contributed by atoms with van der Waals surface area (Å²) in [4.78, 5) is 58.3. The Morgan fingerprint density at radius 2 is 1.79 bits per heavy atom. The molecule has 11 nitrogen and oxygen atoms in total. The monoisotopic (exact) mass is 533 g/mol. The Bertz CT molecular complexity index is 1400. The number of amides is 3. The molecule has 0 fully saturated rings. The first kappa shape index (κ1) is 27.4. The molecule has 3 amide bonds. The number of nitrogens with one attached hydrogen (secondary N) is 2. The number of hydrogen-bond donors (Lipinski definition) is 2. The molecule has 0 radical (unpaired) electrons. The molecule has 0 saturated carbocycles. The Hall–Kier alpha value is -4.67. The van der Waals surface area contributed by atoms with Crippen LogP contribution in [0.25, 0.3) is 0 Å². The minimum absolute atomic E-state index is 0.0805. The van der Waals surface area contributed by atoms with Crippen molar-refractivity contribution in [3.05, 3.63) is 77.4 Å². The Kier molecular flexibility index (Phi) is 7.99. The van der Waals surface area contributed by atoms with Crippen LogP contribution < -0.4 is 15.4 Å². The lowest BCUT2D eigenvalue weighted by Gasteiger charge is -2.43. The number of ether oxygens (including phenoxy) is 2. The van der Waals surface area contributed by atoms with Gasteiger partial charge in [-0.2, -0.15) is 0 Å². The van der Waals surface area contributed by atoms with E-state index in [0.29, 0.717) is 18.7 Å². The van der Waals surface area contributed by atoms with Crippen molar-refractivity contribution in [1.82, 2.24) is 19.8 Å². The highest BCUT2D eigenvalue weighted by atomic mass is 16.5. The number of aromatic nitrogens is 2. The molecule has 0 aliphatic carbocycles. The predicted octanol–water partition coefficient (Wildman–Crippen LogP) is 2.87. The molecule has 1 aliphatic heterocycles. The summed E-state index contributed by atoms with van der Waals surface area (Å²) in [5.41, 5.74) is 0.0530. The maximum atomic E-state index is 13.7. The number of nitrogens with zero attached hydrogens (tertiary/aromatic N) is 3. The molecule has 1 atom stereocenters. The highest BCUT2D eigenvalue weighted by molar-refractivity contribution is 6.13. The maximum absolute atomic E-state index is 13.7. The van der Waals surface area contributed by atoms with Crippen molar-refractivity contribution in [3.63, 3.8) is 0 Å². The normalized spacial score (nSPS) is 16.3. The van der Waals surface area contributed by atoms with Gasteiger partial charge in [-0.3, -0.25) is 14.4 Å². The minimum Gasteiger partial charge on any atom is -0.497 e. The fourth-order valence-corrected chi connectivity index (χ4v) is 4.61. The lowest BCUT2D eigenvalue weighted by molar-refractivity contribution is -0.133. The number of anilines is 1. The molecule has 204 valence electrons. The van der Waals surface area contributed by atoms with E-state index < -0.39 is 23.3 Å². The lowest BCUT2D eigenvalue weighted by atomic mass is 9.93. The largest absolute Gasteiger partial charge is 0.497 e. The van der Waals surface area contributed by atoms with Gasteiger partial charge in [0.2, 0.25) is 5.91 Å². The molecular formula is C28H31N5O6. The highest BCUT2D eigenvalue weighted by Gasteiger charge is 2.48. The van der Waals surface area contributed by atoms with E-state index in [1.165, 1.54) is 29.0 Å². The number of fused-ring (bicyclic) bond motifs is 1. The Labute approximate surface area is 226 Å². The van der Waals surface area contributed by atoms with Crippen LogP contribution in [-0.2, 0) is 22.6 Å². The topological polar surface area (TPSA) is 132 Å². The minimum atomic E-state index is -1.21. The van der Waals surface area contributed by atoms with Crippen LogP contribution in [0.4, 0.5) is 5.69 Å². The molecule has 1 aliphatic rings. The van der Waals surface area contributed by atoms with Crippen LogP contribution in [0.15, 0.2) is 54.9 Å². The van der Waals surface area contributed by atoms with Gasteiger partial charge in [-0.25, -0.2) is 9.78 Å². The number of benzene rings is 2. The van der Waals surface area contributed by atoms with Crippen molar-refractivity contribution in [2.75, 3.05) is 26.1 Å². The predicted molar refractivity (Wildman–Crippen MR) is 143 cm³/mol. The van der Waals surface area contributed by atoms with Gasteiger partial charge < -0.3 is 29.6 Å². The number of carbonyl (C=O) groups is 4. The molecule has 11 heteroatoms. The van der Waals surface area contributed by atoms with E-state index in [1.54, 1.807) is 32.2 Å². The second kappa shape index (κ2) is 11.4. The molecule has 0 saturated heterocycles. The summed E-state index contributed by atoms with van der Waals surface area (Å²) in [5, 5.41) is 5.60. The first-order chi connectivity index (χ1) is 18.7. The third-order valence-electron chi connectivity index (χ3n) is 6.70. The van der Waals surface area contributed by atoms with Crippen LogP contribution >= 0.6 is 0 Å². The van der Waals surface area contributed by atoms with Crippen molar-refractivity contribution >= 4 is 29.4 Å². The van der Waals surface area contributed by atoms with Gasteiger partial charge in [-0.05, 0) is 43.2 Å². The van der Waals surface area contributed by atoms with Crippen LogP contribution in [0, 0.1) is 0 Å². The second-order valence-corrected chi connectivity index (χ2v) is 9.32. The van der Waals surface area contributed by atoms with Gasteiger partial charge >= 0.3 is 5.97 Å². The molecular weight excluding hydrogens is 502 g/mol. The Balaban J connectivity index is 1.58. The molecule has 0 spiro atoms. The summed E-state index contributed by atoms with van der Waals surface area (Å²) in [6.07, 6.45) is 1.99. The van der Waals surface area contributed by atoms with E-state index in [0.717, 1.165) is 5.56 Å². The van der Waals surface area contributed by atoms with E-state index in [9.17, 15) is 19.2 Å². The lowest BCUT2D eigenvalue weighted by Crippen LogP contribution is -2.64. The first-order valence-electron chi connectivity index (χ1n) is 12.5. The highest BCUT2D eigenvalue weighted by Crippen LogP contribution is 2.30. The van der Waals surface area contributed by atoms with E-state index in [2.05, 4.69) is 15.6 Å². The van der Waals surface area contributed by atoms with E-state index in [-0.39, 0.29) is 41.6 Å². The molecule has 3 aromatic rings. The zero-order chi connectivity index (χ0) is 28.2. The van der Waals surface area contributed by atoms with Gasteiger partial charge in [-0.1, -0.05) is 31.2 Å². The molecule has 2 aromatic carbocycles. The Morgan fingerprint density at radius 1 is 1.08 bits per heavy atom. The number of carbonyl (C=O) groups excluding carboxylic acids is 4. The summed E-state index contributed by atoms with van der Waals surface area (Å²) >= 11 is 0. The molecule has 0 bridgehead atoms. The molecule has 4 rings (SSSR count). The number of para-hydroxylation sites is 1. The van der Waals surface area contributed by atoms with Crippen molar-refractivity contribution in [2.45, 2.75) is 38.9 Å². The number of imidazole rings is 1. The third kappa shape index (κ3) is 5.33. The summed E-state index contributed by atoms with van der Waals surface area (Å²) < 4.78 is 11.5. The van der Waals surface area contributed by atoms with Gasteiger partial charge in [0.1, 0.15) is 17.0 Å². The van der Waals surface area contributed by atoms with E-state index >= 15 is 0 Å². The smallest absolute Gasteiger partial charge is 0.339 e. The molecule has 1 aromatic heterocycles. The van der Waals surface area contributed by atoms with Crippen molar-refractivity contribution < 1.29 is 28.7 Å². The third-order valence-corrected chi connectivity index (χ3v) is 6.70. The van der Waals surface area contributed by atoms with Crippen molar-refractivity contribution in [3.8, 4) is 5.75 Å². The maximum Gasteiger partial charge on any atom is 0.339 e. The second-order valence-electron chi connectivity index (χ2n) is 9.32. The zero-order valence-corrected chi connectivity index (χ0v) is 22.3. The standard InChI is InChI=1S/C28H31N5O6/c1-5-14-33-25(35)23-22(24(34)31-21-9-7-6-8-20(21)26(36)39-4)30-17-32(23)16-28(33,2)27(37)29-15-18-10-12-19(38-3)13-11-18/h6-13,17H,5,14-16H2,1-4H3,(H,29,37)(H,31,34). The van der Waals surface area contributed by atoms with Gasteiger partial charge in [-0.15, -0.1) is 0 Å². The first-order valence-corrected chi connectivity index (χ1v) is 12.5. The summed E-state index contributed by atoms with van der Waals surface area (Å²) in [6, 6.07) is 13.7. The van der Waals surface area contributed by atoms with E-state index in [4.69, 9.17) is 9.47 Å². The fourth-order valence-electron chi connectivity index (χ4n) is 4.61. The summed E-state index contributed by atoms with van der Waals surface area (Å²) in [7, 11) is 2.83. The Morgan fingerprint density at radius 3 is 2.46 bits per heavy atom. The molecule has 39 heavy (non-hydrogen) atoms. The van der Waals surface area contributed by atoms with Crippen LogP contribution in [0.3, 0.4) is 0 Å². The van der Waals surface area contributed by atoms with Gasteiger partial charge in [0.25, 0.3) is 11.8 Å². The van der Waals surface area contributed by atoms with Gasteiger partial charge in [0.05, 0.1) is 38.3 Å². The number of hydrogen-bond acceptors (Lipinski definition) is 7. The summed E-state index contributed by atoms with van der Waals surface area (Å²) in [6.45, 7) is 4.31. The average molecular weight is 534 g/mol. The SMILES string of the molecule is CCCN1C(=O)c2c(C(=O)Nc3ccccc3C(=O)OC)ncn2CC1(C)C(=O)NCc1ccc(OC)cc1. The average Bonchev–Trinajstić information content (AvgIpc) is 3.38. The number of rotatable bonds is 9. The zero-order valence-electron chi connectivity index (χ0n) is 22.3.